The van der Waals surface area contributed by atoms with Gasteiger partial charge in [-0.25, -0.2) is 4.99 Å². The lowest BCUT2D eigenvalue weighted by atomic mass is 10.1. The highest BCUT2D eigenvalue weighted by Crippen LogP contribution is 2.27. The van der Waals surface area contributed by atoms with Crippen molar-refractivity contribution in [2.75, 3.05) is 19.6 Å². The Kier molecular flexibility index (Phi) is 6.39. The van der Waals surface area contributed by atoms with Crippen molar-refractivity contribution in [2.24, 2.45) is 18.0 Å². The molecule has 1 amide bonds. The van der Waals surface area contributed by atoms with E-state index < -0.39 is 0 Å². The van der Waals surface area contributed by atoms with E-state index in [1.54, 1.807) is 0 Å². The predicted octanol–water partition coefficient (Wildman–Crippen LogP) is 1.88. The standard InChI is InChI=1S/C20H34N6O/c1-5-21-20(22-12-18-14(2)24-25(4)15(18)3)23-17-10-11-26(13-17)19(27)16-8-6-7-9-16/h16-17H,5-13H2,1-4H3,(H2,21,22,23). The Morgan fingerprint density at radius 3 is 2.63 bits per heavy atom. The van der Waals surface area contributed by atoms with Crippen LogP contribution in [-0.4, -0.2) is 52.2 Å². The molecule has 2 heterocycles. The minimum Gasteiger partial charge on any atom is -0.357 e. The van der Waals surface area contributed by atoms with Gasteiger partial charge in [-0.1, -0.05) is 12.8 Å². The number of rotatable bonds is 5. The van der Waals surface area contributed by atoms with Crippen molar-refractivity contribution < 1.29 is 4.79 Å². The van der Waals surface area contributed by atoms with Crippen LogP contribution < -0.4 is 10.6 Å². The van der Waals surface area contributed by atoms with Crippen LogP contribution in [0.4, 0.5) is 0 Å². The lowest BCUT2D eigenvalue weighted by molar-refractivity contribution is -0.134. The van der Waals surface area contributed by atoms with Gasteiger partial charge in [0.2, 0.25) is 5.91 Å². The molecule has 1 aliphatic carbocycles. The number of nitrogens with one attached hydrogen (secondary N) is 2. The molecule has 7 heteroatoms. The monoisotopic (exact) mass is 374 g/mol. The zero-order valence-corrected chi connectivity index (χ0v) is 17.2. The van der Waals surface area contributed by atoms with Gasteiger partial charge in [-0.15, -0.1) is 0 Å². The number of likely N-dealkylation sites (tertiary alicyclic amines) is 1. The highest BCUT2D eigenvalue weighted by molar-refractivity contribution is 5.81. The zero-order chi connectivity index (χ0) is 19.4. The molecule has 0 bridgehead atoms. The van der Waals surface area contributed by atoms with Gasteiger partial charge in [0.15, 0.2) is 5.96 Å². The van der Waals surface area contributed by atoms with Gasteiger partial charge >= 0.3 is 0 Å². The van der Waals surface area contributed by atoms with Gasteiger partial charge < -0.3 is 15.5 Å². The van der Waals surface area contributed by atoms with Crippen molar-refractivity contribution in [1.82, 2.24) is 25.3 Å². The quantitative estimate of drug-likeness (QED) is 0.610. The highest BCUT2D eigenvalue weighted by atomic mass is 16.2. The molecule has 1 aliphatic heterocycles. The summed E-state index contributed by atoms with van der Waals surface area (Å²) in [5.41, 5.74) is 3.37. The summed E-state index contributed by atoms with van der Waals surface area (Å²) in [7, 11) is 1.97. The molecule has 150 valence electrons. The van der Waals surface area contributed by atoms with E-state index in [0.717, 1.165) is 56.2 Å². The van der Waals surface area contributed by atoms with Gasteiger partial charge in [-0.05, 0) is 40.0 Å². The third-order valence-electron chi connectivity index (χ3n) is 5.94. The molecule has 3 rings (SSSR count). The summed E-state index contributed by atoms with van der Waals surface area (Å²) in [6.07, 6.45) is 5.53. The van der Waals surface area contributed by atoms with E-state index in [2.05, 4.69) is 29.6 Å². The third kappa shape index (κ3) is 4.62. The fourth-order valence-corrected chi connectivity index (χ4v) is 4.23. The fourth-order valence-electron chi connectivity index (χ4n) is 4.23. The SMILES string of the molecule is CCNC(=NCc1c(C)nn(C)c1C)NC1CCN(C(=O)C2CCCC2)C1. The first-order valence-corrected chi connectivity index (χ1v) is 10.3. The number of hydrogen-bond acceptors (Lipinski definition) is 3. The van der Waals surface area contributed by atoms with Crippen LogP contribution in [0.5, 0.6) is 0 Å². The molecule has 1 aromatic heterocycles. The normalized spacial score (nSPS) is 21.1. The average molecular weight is 375 g/mol. The lowest BCUT2D eigenvalue weighted by Crippen LogP contribution is -2.45. The van der Waals surface area contributed by atoms with Crippen LogP contribution in [-0.2, 0) is 18.4 Å². The maximum absolute atomic E-state index is 12.6. The molecule has 2 aliphatic rings. The van der Waals surface area contributed by atoms with E-state index in [0.29, 0.717) is 12.5 Å². The summed E-state index contributed by atoms with van der Waals surface area (Å²) in [6, 6.07) is 0.268. The number of aromatic nitrogens is 2. The van der Waals surface area contributed by atoms with Gasteiger partial charge in [0.1, 0.15) is 0 Å². The second-order valence-electron chi connectivity index (χ2n) is 7.86. The first-order valence-electron chi connectivity index (χ1n) is 10.3. The van der Waals surface area contributed by atoms with E-state index in [1.807, 2.05) is 23.6 Å². The Hall–Kier alpha value is -2.05. The average Bonchev–Trinajstić information content (AvgIpc) is 3.36. The largest absolute Gasteiger partial charge is 0.357 e. The summed E-state index contributed by atoms with van der Waals surface area (Å²) < 4.78 is 1.91. The molecular formula is C20H34N6O. The molecule has 0 spiro atoms. The summed E-state index contributed by atoms with van der Waals surface area (Å²) >= 11 is 0. The smallest absolute Gasteiger partial charge is 0.225 e. The van der Waals surface area contributed by atoms with E-state index in [1.165, 1.54) is 18.4 Å². The number of nitrogens with zero attached hydrogens (tertiary/aromatic N) is 4. The number of aliphatic imine (C=N–C) groups is 1. The molecule has 0 radical (unpaired) electrons. The molecule has 27 heavy (non-hydrogen) atoms. The first kappa shape index (κ1) is 19.7. The van der Waals surface area contributed by atoms with Gasteiger partial charge in [0.25, 0.3) is 0 Å². The molecule has 1 unspecified atom stereocenters. The minimum atomic E-state index is 0.266. The first-order chi connectivity index (χ1) is 13.0. The molecule has 0 aromatic carbocycles. The molecule has 1 atom stereocenters. The van der Waals surface area contributed by atoms with Gasteiger partial charge in [-0.3, -0.25) is 9.48 Å². The van der Waals surface area contributed by atoms with E-state index in [-0.39, 0.29) is 12.0 Å². The van der Waals surface area contributed by atoms with Crippen LogP contribution in [0, 0.1) is 19.8 Å². The van der Waals surface area contributed by atoms with Crippen LogP contribution in [0.1, 0.15) is 56.0 Å². The maximum Gasteiger partial charge on any atom is 0.225 e. The molecule has 1 aromatic rings. The Labute approximate surface area is 162 Å². The van der Waals surface area contributed by atoms with Gasteiger partial charge in [-0.2, -0.15) is 5.10 Å². The second-order valence-corrected chi connectivity index (χ2v) is 7.86. The Morgan fingerprint density at radius 1 is 1.26 bits per heavy atom. The number of amides is 1. The Morgan fingerprint density at radius 2 is 2.00 bits per heavy atom. The molecule has 2 fully saturated rings. The zero-order valence-electron chi connectivity index (χ0n) is 17.2. The van der Waals surface area contributed by atoms with Crippen molar-refractivity contribution in [3.8, 4) is 0 Å². The van der Waals surface area contributed by atoms with Crippen molar-refractivity contribution in [1.29, 1.82) is 0 Å². The van der Waals surface area contributed by atoms with Crippen LogP contribution >= 0.6 is 0 Å². The number of carbonyl (C=O) groups is 1. The number of hydrogen-bond donors (Lipinski definition) is 2. The van der Waals surface area contributed by atoms with Crippen molar-refractivity contribution in [2.45, 2.75) is 65.5 Å². The summed E-state index contributed by atoms with van der Waals surface area (Å²) in [5.74, 6) is 1.45. The third-order valence-corrected chi connectivity index (χ3v) is 5.94. The number of guanidine groups is 1. The van der Waals surface area contributed by atoms with Gasteiger partial charge in [0.05, 0.1) is 12.2 Å². The predicted molar refractivity (Wildman–Crippen MR) is 108 cm³/mol. The van der Waals surface area contributed by atoms with Crippen molar-refractivity contribution in [3.63, 3.8) is 0 Å². The van der Waals surface area contributed by atoms with E-state index in [9.17, 15) is 4.79 Å². The molecular weight excluding hydrogens is 340 g/mol. The lowest BCUT2D eigenvalue weighted by Gasteiger charge is -2.21. The minimum absolute atomic E-state index is 0.266. The van der Waals surface area contributed by atoms with Crippen LogP contribution in [0.2, 0.25) is 0 Å². The van der Waals surface area contributed by atoms with E-state index >= 15 is 0 Å². The molecule has 1 saturated carbocycles. The highest BCUT2D eigenvalue weighted by Gasteiger charge is 2.32. The van der Waals surface area contributed by atoms with Crippen LogP contribution in [0.15, 0.2) is 4.99 Å². The van der Waals surface area contributed by atoms with Gasteiger partial charge in [0, 0.05) is 49.9 Å². The maximum atomic E-state index is 12.6. The fraction of sp³-hybridized carbons (Fsp3) is 0.750. The Bertz CT molecular complexity index is 689. The summed E-state index contributed by atoms with van der Waals surface area (Å²) in [6.45, 7) is 9.24. The molecule has 7 nitrogen and oxygen atoms in total. The van der Waals surface area contributed by atoms with Crippen molar-refractivity contribution in [3.05, 3.63) is 17.0 Å². The summed E-state index contributed by atoms with van der Waals surface area (Å²) in [4.78, 5) is 19.5. The molecule has 1 saturated heterocycles. The topological polar surface area (TPSA) is 74.6 Å². The van der Waals surface area contributed by atoms with Crippen molar-refractivity contribution >= 4 is 11.9 Å². The second kappa shape index (κ2) is 8.76. The Balaban J connectivity index is 1.58. The van der Waals surface area contributed by atoms with E-state index in [4.69, 9.17) is 4.99 Å². The van der Waals surface area contributed by atoms with Crippen LogP contribution in [0.25, 0.3) is 0 Å². The molecule has 2 N–H and O–H groups in total. The number of carbonyl (C=O) groups excluding carboxylic acids is 1. The van der Waals surface area contributed by atoms with Crippen LogP contribution in [0.3, 0.4) is 0 Å². The summed E-state index contributed by atoms with van der Waals surface area (Å²) in [5, 5.41) is 11.3. The number of aryl methyl sites for hydroxylation is 2.